The molecule has 0 bridgehead atoms. The number of aromatic nitrogens is 1. The highest BCUT2D eigenvalue weighted by atomic mass is 15.1. The Balaban J connectivity index is 2.58. The van der Waals surface area contributed by atoms with E-state index in [4.69, 9.17) is 11.0 Å². The van der Waals surface area contributed by atoms with Gasteiger partial charge in [0.05, 0.1) is 18.2 Å². The number of nitrogens with zero attached hydrogens (tertiary/aromatic N) is 3. The largest absolute Gasteiger partial charge is 0.399 e. The molecule has 80 valence electrons. The van der Waals surface area contributed by atoms with Crippen molar-refractivity contribution in [2.45, 2.75) is 25.9 Å². The van der Waals surface area contributed by atoms with Gasteiger partial charge in [-0.15, -0.1) is 0 Å². The molecule has 0 saturated carbocycles. The van der Waals surface area contributed by atoms with Crippen LogP contribution in [0.25, 0.3) is 0 Å². The van der Waals surface area contributed by atoms with Crippen LogP contribution in [0, 0.1) is 11.3 Å². The molecule has 1 unspecified atom stereocenters. The van der Waals surface area contributed by atoms with Crippen LogP contribution in [0.3, 0.4) is 0 Å². The molecule has 0 aliphatic rings. The third-order valence-corrected chi connectivity index (χ3v) is 2.39. The lowest BCUT2D eigenvalue weighted by atomic mass is 10.2. The molecule has 1 atom stereocenters. The van der Waals surface area contributed by atoms with Crippen molar-refractivity contribution in [3.05, 3.63) is 24.0 Å². The fourth-order valence-electron chi connectivity index (χ4n) is 1.28. The standard InChI is InChI=1S/C11H16N4/c1-9(3-5-12)15(2)8-11-7-10(13)4-6-14-11/h4,6-7,9H,3,8H2,1-2H3,(H2,13,14). The van der Waals surface area contributed by atoms with E-state index in [1.165, 1.54) is 0 Å². The van der Waals surface area contributed by atoms with Gasteiger partial charge >= 0.3 is 0 Å². The lowest BCUT2D eigenvalue weighted by Crippen LogP contribution is -2.28. The maximum atomic E-state index is 8.58. The monoisotopic (exact) mass is 204 g/mol. The molecule has 1 aromatic heterocycles. The Labute approximate surface area is 90.3 Å². The summed E-state index contributed by atoms with van der Waals surface area (Å²) in [5.41, 5.74) is 7.31. The van der Waals surface area contributed by atoms with Crippen LogP contribution in [0.2, 0.25) is 0 Å². The van der Waals surface area contributed by atoms with Gasteiger partial charge in [-0.05, 0) is 26.1 Å². The van der Waals surface area contributed by atoms with Crippen molar-refractivity contribution in [3.63, 3.8) is 0 Å². The van der Waals surface area contributed by atoms with Gasteiger partial charge < -0.3 is 5.73 Å². The molecule has 0 aliphatic heterocycles. The fourth-order valence-corrected chi connectivity index (χ4v) is 1.28. The molecule has 1 heterocycles. The maximum absolute atomic E-state index is 8.58. The summed E-state index contributed by atoms with van der Waals surface area (Å²) in [6.45, 7) is 2.74. The average Bonchev–Trinajstić information content (AvgIpc) is 2.18. The number of nitriles is 1. The fraction of sp³-hybridized carbons (Fsp3) is 0.455. The Bertz CT molecular complexity index is 356. The van der Waals surface area contributed by atoms with Crippen LogP contribution in [-0.4, -0.2) is 23.0 Å². The number of rotatable bonds is 4. The summed E-state index contributed by atoms with van der Waals surface area (Å²) in [5, 5.41) is 8.58. The molecule has 0 amide bonds. The van der Waals surface area contributed by atoms with E-state index in [2.05, 4.69) is 16.0 Å². The zero-order chi connectivity index (χ0) is 11.3. The van der Waals surface area contributed by atoms with Crippen molar-refractivity contribution in [1.82, 2.24) is 9.88 Å². The second kappa shape index (κ2) is 5.32. The first-order chi connectivity index (χ1) is 7.13. The van der Waals surface area contributed by atoms with Crippen LogP contribution >= 0.6 is 0 Å². The first-order valence-electron chi connectivity index (χ1n) is 4.91. The SMILES string of the molecule is CC(CC#N)N(C)Cc1cc(N)ccn1. The van der Waals surface area contributed by atoms with E-state index in [1.54, 1.807) is 12.3 Å². The number of hydrogen-bond donors (Lipinski definition) is 1. The smallest absolute Gasteiger partial charge is 0.0638 e. The molecule has 0 aliphatic carbocycles. The zero-order valence-electron chi connectivity index (χ0n) is 9.14. The Morgan fingerprint density at radius 2 is 2.40 bits per heavy atom. The molecule has 0 fully saturated rings. The molecule has 0 aromatic carbocycles. The molecule has 0 radical (unpaired) electrons. The lowest BCUT2D eigenvalue weighted by Gasteiger charge is -2.21. The van der Waals surface area contributed by atoms with Crippen LogP contribution < -0.4 is 5.73 Å². The van der Waals surface area contributed by atoms with E-state index in [9.17, 15) is 0 Å². The first-order valence-corrected chi connectivity index (χ1v) is 4.91. The summed E-state index contributed by atoms with van der Waals surface area (Å²) < 4.78 is 0. The Morgan fingerprint density at radius 3 is 3.00 bits per heavy atom. The van der Waals surface area contributed by atoms with Gasteiger partial charge in [-0.2, -0.15) is 5.26 Å². The van der Waals surface area contributed by atoms with E-state index in [1.807, 2.05) is 20.0 Å². The molecule has 4 heteroatoms. The zero-order valence-corrected chi connectivity index (χ0v) is 9.14. The predicted octanol–water partition coefficient (Wildman–Crippen LogP) is 1.40. The van der Waals surface area contributed by atoms with Crippen molar-refractivity contribution in [1.29, 1.82) is 5.26 Å². The van der Waals surface area contributed by atoms with Gasteiger partial charge in [0.15, 0.2) is 0 Å². The van der Waals surface area contributed by atoms with Crippen molar-refractivity contribution < 1.29 is 0 Å². The van der Waals surface area contributed by atoms with Crippen LogP contribution in [0.5, 0.6) is 0 Å². The van der Waals surface area contributed by atoms with Gasteiger partial charge in [0, 0.05) is 24.5 Å². The molecular formula is C11H16N4. The number of anilines is 1. The van der Waals surface area contributed by atoms with Gasteiger partial charge in [-0.1, -0.05) is 0 Å². The molecular weight excluding hydrogens is 188 g/mol. The summed E-state index contributed by atoms with van der Waals surface area (Å²) in [5.74, 6) is 0. The summed E-state index contributed by atoms with van der Waals surface area (Å²) in [7, 11) is 1.98. The highest BCUT2D eigenvalue weighted by Gasteiger charge is 2.09. The van der Waals surface area contributed by atoms with Crippen molar-refractivity contribution in [2.24, 2.45) is 0 Å². The third-order valence-electron chi connectivity index (χ3n) is 2.39. The van der Waals surface area contributed by atoms with Crippen molar-refractivity contribution >= 4 is 5.69 Å². The Hall–Kier alpha value is -1.60. The number of pyridine rings is 1. The number of nitrogens with two attached hydrogens (primary N) is 1. The molecule has 0 spiro atoms. The van der Waals surface area contributed by atoms with Crippen molar-refractivity contribution in [3.8, 4) is 6.07 Å². The summed E-state index contributed by atoms with van der Waals surface area (Å²) in [6, 6.07) is 6.02. The minimum absolute atomic E-state index is 0.234. The van der Waals surface area contributed by atoms with E-state index in [0.29, 0.717) is 13.0 Å². The van der Waals surface area contributed by atoms with Crippen LogP contribution in [0.15, 0.2) is 18.3 Å². The minimum atomic E-state index is 0.234. The molecule has 0 saturated heterocycles. The quantitative estimate of drug-likeness (QED) is 0.805. The summed E-state index contributed by atoms with van der Waals surface area (Å²) in [6.07, 6.45) is 2.23. The third kappa shape index (κ3) is 3.56. The summed E-state index contributed by atoms with van der Waals surface area (Å²) >= 11 is 0. The first kappa shape index (κ1) is 11.5. The lowest BCUT2D eigenvalue weighted by molar-refractivity contribution is 0.249. The predicted molar refractivity (Wildman–Crippen MR) is 59.8 cm³/mol. The molecule has 1 rings (SSSR count). The maximum Gasteiger partial charge on any atom is 0.0638 e. The normalized spacial score (nSPS) is 12.4. The highest BCUT2D eigenvalue weighted by Crippen LogP contribution is 2.08. The van der Waals surface area contributed by atoms with Gasteiger partial charge in [0.2, 0.25) is 0 Å². The van der Waals surface area contributed by atoms with Crippen LogP contribution in [0.4, 0.5) is 5.69 Å². The second-order valence-electron chi connectivity index (χ2n) is 3.71. The van der Waals surface area contributed by atoms with E-state index in [0.717, 1.165) is 11.4 Å². The van der Waals surface area contributed by atoms with Crippen LogP contribution in [-0.2, 0) is 6.54 Å². The van der Waals surface area contributed by atoms with Gasteiger partial charge in [0.1, 0.15) is 0 Å². The van der Waals surface area contributed by atoms with Gasteiger partial charge in [0.25, 0.3) is 0 Å². The highest BCUT2D eigenvalue weighted by molar-refractivity contribution is 5.37. The van der Waals surface area contributed by atoms with E-state index in [-0.39, 0.29) is 6.04 Å². The van der Waals surface area contributed by atoms with E-state index >= 15 is 0 Å². The van der Waals surface area contributed by atoms with Crippen molar-refractivity contribution in [2.75, 3.05) is 12.8 Å². The summed E-state index contributed by atoms with van der Waals surface area (Å²) in [4.78, 5) is 6.31. The Kier molecular flexibility index (Phi) is 4.07. The molecule has 15 heavy (non-hydrogen) atoms. The molecule has 2 N–H and O–H groups in total. The molecule has 4 nitrogen and oxygen atoms in total. The minimum Gasteiger partial charge on any atom is -0.399 e. The van der Waals surface area contributed by atoms with Gasteiger partial charge in [-0.25, -0.2) is 0 Å². The Morgan fingerprint density at radius 1 is 1.67 bits per heavy atom. The number of nitrogen functional groups attached to an aromatic ring is 1. The second-order valence-corrected chi connectivity index (χ2v) is 3.71. The van der Waals surface area contributed by atoms with Gasteiger partial charge in [-0.3, -0.25) is 9.88 Å². The number of hydrogen-bond acceptors (Lipinski definition) is 4. The van der Waals surface area contributed by atoms with E-state index < -0.39 is 0 Å². The molecule has 1 aromatic rings. The topological polar surface area (TPSA) is 65.9 Å². The average molecular weight is 204 g/mol. The van der Waals surface area contributed by atoms with Crippen LogP contribution in [0.1, 0.15) is 19.0 Å².